The van der Waals surface area contributed by atoms with E-state index in [0.29, 0.717) is 16.4 Å². The second-order valence-electron chi connectivity index (χ2n) is 5.50. The first-order chi connectivity index (χ1) is 12.6. The van der Waals surface area contributed by atoms with Crippen molar-refractivity contribution in [1.82, 2.24) is 0 Å². The summed E-state index contributed by atoms with van der Waals surface area (Å²) >= 11 is 0. The molecule has 130 valence electrons. The minimum Gasteiger partial charge on any atom is -0.507 e. The summed E-state index contributed by atoms with van der Waals surface area (Å²) in [7, 11) is 0. The molecule has 0 fully saturated rings. The lowest BCUT2D eigenvalue weighted by Gasteiger charge is -2.15. The highest BCUT2D eigenvalue weighted by molar-refractivity contribution is 6.08. The zero-order valence-corrected chi connectivity index (χ0v) is 13.7. The van der Waals surface area contributed by atoms with Crippen molar-refractivity contribution in [3.63, 3.8) is 0 Å². The van der Waals surface area contributed by atoms with Crippen molar-refractivity contribution in [1.29, 1.82) is 0 Å². The van der Waals surface area contributed by atoms with Gasteiger partial charge in [-0.05, 0) is 42.5 Å². The lowest BCUT2D eigenvalue weighted by Crippen LogP contribution is -2.27. The van der Waals surface area contributed by atoms with Gasteiger partial charge in [0.25, 0.3) is 11.8 Å². The van der Waals surface area contributed by atoms with Crippen molar-refractivity contribution in [2.24, 2.45) is 0 Å². The van der Waals surface area contributed by atoms with Gasteiger partial charge in [-0.15, -0.1) is 0 Å². The quantitative estimate of drug-likeness (QED) is 0.495. The van der Waals surface area contributed by atoms with E-state index < -0.39 is 11.8 Å². The van der Waals surface area contributed by atoms with Crippen LogP contribution in [0, 0.1) is 0 Å². The van der Waals surface area contributed by atoms with Crippen LogP contribution in [0.3, 0.4) is 0 Å². The van der Waals surface area contributed by atoms with Gasteiger partial charge in [-0.1, -0.05) is 36.4 Å². The second-order valence-corrected chi connectivity index (χ2v) is 5.50. The highest BCUT2D eigenvalue weighted by atomic mass is 16.5. The Labute approximate surface area is 149 Å². The van der Waals surface area contributed by atoms with Gasteiger partial charge >= 0.3 is 0 Å². The average Bonchev–Trinajstić information content (AvgIpc) is 2.68. The molecule has 0 bridgehead atoms. The first-order valence-corrected chi connectivity index (χ1v) is 7.84. The number of rotatable bonds is 4. The summed E-state index contributed by atoms with van der Waals surface area (Å²) in [6, 6.07) is 20.9. The molecule has 0 atom stereocenters. The summed E-state index contributed by atoms with van der Waals surface area (Å²) in [5.74, 6) is -1.58. The van der Waals surface area contributed by atoms with E-state index >= 15 is 0 Å². The lowest BCUT2D eigenvalue weighted by molar-refractivity contribution is 0.0853. The van der Waals surface area contributed by atoms with E-state index in [0.717, 1.165) is 6.07 Å². The molecule has 0 heterocycles. The van der Waals surface area contributed by atoms with Crippen molar-refractivity contribution in [2.75, 3.05) is 10.4 Å². The molecule has 0 aliphatic heterocycles. The van der Waals surface area contributed by atoms with Gasteiger partial charge in [0.15, 0.2) is 0 Å². The molecule has 0 aromatic heterocycles. The van der Waals surface area contributed by atoms with Crippen LogP contribution in [-0.2, 0) is 0 Å². The summed E-state index contributed by atoms with van der Waals surface area (Å²) in [6.07, 6.45) is 0. The van der Waals surface area contributed by atoms with E-state index in [-0.39, 0.29) is 16.9 Å². The molecule has 26 heavy (non-hydrogen) atoms. The number of benzene rings is 3. The van der Waals surface area contributed by atoms with Crippen molar-refractivity contribution in [2.45, 2.75) is 0 Å². The van der Waals surface area contributed by atoms with Crippen LogP contribution in [0.2, 0.25) is 0 Å². The number of carbonyl (C=O) groups is 2. The molecule has 0 aliphatic rings. The number of amides is 2. The van der Waals surface area contributed by atoms with Gasteiger partial charge in [-0.25, -0.2) is 0 Å². The predicted octanol–water partition coefficient (Wildman–Crippen LogP) is 3.68. The summed E-state index contributed by atoms with van der Waals surface area (Å²) in [6.45, 7) is 0. The zero-order chi connectivity index (χ0) is 18.5. The number of hydrogen-bond acceptors (Lipinski definition) is 4. The van der Waals surface area contributed by atoms with Crippen LogP contribution in [0.1, 0.15) is 20.7 Å². The molecule has 3 aromatic rings. The van der Waals surface area contributed by atoms with Crippen molar-refractivity contribution < 1.29 is 19.9 Å². The van der Waals surface area contributed by atoms with Crippen LogP contribution >= 0.6 is 0 Å². The van der Waals surface area contributed by atoms with Gasteiger partial charge in [0, 0.05) is 11.3 Å². The Hall–Kier alpha value is -3.64. The fourth-order valence-electron chi connectivity index (χ4n) is 2.39. The molecule has 2 amide bonds. The van der Waals surface area contributed by atoms with Gasteiger partial charge in [-0.3, -0.25) is 14.8 Å². The SMILES string of the molecule is O=C(Nc1ccccc1)c1ccc(C(=O)N(O)c2ccccc2)cc1O. The minimum atomic E-state index is -0.721. The third kappa shape index (κ3) is 3.71. The number of nitrogens with one attached hydrogen (secondary N) is 1. The molecule has 3 aromatic carbocycles. The minimum absolute atomic E-state index is 0.0228. The summed E-state index contributed by atoms with van der Waals surface area (Å²) in [4.78, 5) is 24.6. The molecule has 0 unspecified atom stereocenters. The summed E-state index contributed by atoms with van der Waals surface area (Å²) < 4.78 is 0. The van der Waals surface area contributed by atoms with Gasteiger partial charge in [0.05, 0.1) is 11.3 Å². The Morgan fingerprint density at radius 1 is 0.846 bits per heavy atom. The van der Waals surface area contributed by atoms with Gasteiger partial charge in [0.2, 0.25) is 0 Å². The topological polar surface area (TPSA) is 89.9 Å². The molecule has 6 heteroatoms. The Morgan fingerprint density at radius 3 is 2.08 bits per heavy atom. The Morgan fingerprint density at radius 2 is 1.46 bits per heavy atom. The molecule has 6 nitrogen and oxygen atoms in total. The Balaban J connectivity index is 1.79. The van der Waals surface area contributed by atoms with E-state index in [9.17, 15) is 19.9 Å². The molecule has 0 spiro atoms. The number of hydrogen-bond donors (Lipinski definition) is 3. The average molecular weight is 348 g/mol. The van der Waals surface area contributed by atoms with Crippen LogP contribution < -0.4 is 10.4 Å². The molecule has 0 saturated heterocycles. The van der Waals surface area contributed by atoms with Crippen LogP contribution in [0.25, 0.3) is 0 Å². The molecule has 3 rings (SSSR count). The lowest BCUT2D eigenvalue weighted by atomic mass is 10.1. The van der Waals surface area contributed by atoms with E-state index in [1.165, 1.54) is 12.1 Å². The number of para-hydroxylation sites is 2. The predicted molar refractivity (Wildman–Crippen MR) is 97.5 cm³/mol. The van der Waals surface area contributed by atoms with Crippen molar-refractivity contribution in [3.8, 4) is 5.75 Å². The smallest absolute Gasteiger partial charge is 0.282 e. The largest absolute Gasteiger partial charge is 0.507 e. The monoisotopic (exact) mass is 348 g/mol. The molecular weight excluding hydrogens is 332 g/mol. The normalized spacial score (nSPS) is 10.2. The number of phenols is 1. The van der Waals surface area contributed by atoms with Crippen LogP contribution in [0.15, 0.2) is 78.9 Å². The zero-order valence-electron chi connectivity index (χ0n) is 13.7. The third-order valence-electron chi connectivity index (χ3n) is 3.71. The molecular formula is C20H16N2O4. The van der Waals surface area contributed by atoms with Gasteiger partial charge < -0.3 is 10.4 Å². The molecule has 0 aliphatic carbocycles. The Bertz CT molecular complexity index is 927. The highest BCUT2D eigenvalue weighted by Gasteiger charge is 2.19. The standard InChI is InChI=1S/C20H16N2O4/c23-18-13-14(20(25)22(26)16-9-5-2-6-10-16)11-12-17(18)19(24)21-15-7-3-1-4-8-15/h1-13,23,26H,(H,21,24). The Kier molecular flexibility index (Phi) is 4.96. The van der Waals surface area contributed by atoms with Crippen LogP contribution in [0.5, 0.6) is 5.75 Å². The van der Waals surface area contributed by atoms with Crippen molar-refractivity contribution >= 4 is 23.2 Å². The van der Waals surface area contributed by atoms with E-state index in [1.807, 2.05) is 6.07 Å². The maximum absolute atomic E-state index is 12.3. The fraction of sp³-hybridized carbons (Fsp3) is 0. The first-order valence-electron chi connectivity index (χ1n) is 7.84. The highest BCUT2D eigenvalue weighted by Crippen LogP contribution is 2.22. The number of phenolic OH excluding ortho intramolecular Hbond substituents is 1. The number of anilines is 2. The number of carbonyl (C=O) groups excluding carboxylic acids is 2. The molecule has 0 radical (unpaired) electrons. The van der Waals surface area contributed by atoms with Crippen LogP contribution in [-0.4, -0.2) is 22.1 Å². The van der Waals surface area contributed by atoms with Crippen molar-refractivity contribution in [3.05, 3.63) is 90.0 Å². The number of hydroxylamine groups is 1. The fourth-order valence-corrected chi connectivity index (χ4v) is 2.39. The number of nitrogens with zero attached hydrogens (tertiary/aromatic N) is 1. The summed E-state index contributed by atoms with van der Waals surface area (Å²) in [5.41, 5.74) is 0.949. The molecule has 0 saturated carbocycles. The van der Waals surface area contributed by atoms with E-state index in [1.54, 1.807) is 54.6 Å². The van der Waals surface area contributed by atoms with E-state index in [2.05, 4.69) is 5.32 Å². The van der Waals surface area contributed by atoms with E-state index in [4.69, 9.17) is 0 Å². The third-order valence-corrected chi connectivity index (χ3v) is 3.71. The number of aromatic hydroxyl groups is 1. The summed E-state index contributed by atoms with van der Waals surface area (Å²) in [5, 5.41) is 23.3. The molecule has 3 N–H and O–H groups in total. The van der Waals surface area contributed by atoms with Gasteiger partial charge in [0.1, 0.15) is 5.75 Å². The maximum Gasteiger partial charge on any atom is 0.282 e. The van der Waals surface area contributed by atoms with Crippen LogP contribution in [0.4, 0.5) is 11.4 Å². The second kappa shape index (κ2) is 7.50. The van der Waals surface area contributed by atoms with Gasteiger partial charge in [-0.2, -0.15) is 5.06 Å². The first kappa shape index (κ1) is 17.2. The maximum atomic E-state index is 12.3.